The molecule has 1 saturated carbocycles. The predicted molar refractivity (Wildman–Crippen MR) is 80.7 cm³/mol. The standard InChI is InChI=1S/C16H27N3O/c1-4-13-7-5-6-8-15(13)20-16-11-18-14(10-19-16)9-17-12(2)3/h10-13,15,17H,4-9H2,1-3H3. The number of aromatic nitrogens is 2. The number of hydrogen-bond donors (Lipinski definition) is 1. The summed E-state index contributed by atoms with van der Waals surface area (Å²) in [5, 5.41) is 3.34. The molecular formula is C16H27N3O. The van der Waals surface area contributed by atoms with Crippen LogP contribution in [-0.2, 0) is 6.54 Å². The molecule has 1 fully saturated rings. The zero-order valence-electron chi connectivity index (χ0n) is 12.9. The molecule has 1 aliphatic carbocycles. The molecule has 0 amide bonds. The van der Waals surface area contributed by atoms with E-state index in [1.807, 2.05) is 6.20 Å². The summed E-state index contributed by atoms with van der Waals surface area (Å²) in [6.07, 6.45) is 10.1. The molecule has 2 rings (SSSR count). The number of rotatable bonds is 6. The second kappa shape index (κ2) is 7.58. The van der Waals surface area contributed by atoms with Crippen LogP contribution in [0.15, 0.2) is 12.4 Å². The van der Waals surface area contributed by atoms with Gasteiger partial charge in [0.25, 0.3) is 0 Å². The summed E-state index contributed by atoms with van der Waals surface area (Å²) in [6, 6.07) is 0.459. The fraction of sp³-hybridized carbons (Fsp3) is 0.750. The summed E-state index contributed by atoms with van der Waals surface area (Å²) >= 11 is 0. The van der Waals surface area contributed by atoms with Crippen LogP contribution in [0.2, 0.25) is 0 Å². The molecule has 0 saturated heterocycles. The van der Waals surface area contributed by atoms with E-state index in [0.29, 0.717) is 23.9 Å². The molecule has 0 bridgehead atoms. The van der Waals surface area contributed by atoms with Crippen molar-refractivity contribution in [2.75, 3.05) is 0 Å². The lowest BCUT2D eigenvalue weighted by molar-refractivity contribution is 0.0853. The van der Waals surface area contributed by atoms with E-state index in [1.165, 1.54) is 25.7 Å². The summed E-state index contributed by atoms with van der Waals surface area (Å²) in [6.45, 7) is 7.25. The molecule has 1 aromatic heterocycles. The van der Waals surface area contributed by atoms with Crippen LogP contribution < -0.4 is 10.1 Å². The van der Waals surface area contributed by atoms with E-state index in [0.717, 1.165) is 18.7 Å². The van der Waals surface area contributed by atoms with Gasteiger partial charge in [0.05, 0.1) is 18.1 Å². The lowest BCUT2D eigenvalue weighted by Crippen LogP contribution is -2.30. The first-order valence-electron chi connectivity index (χ1n) is 7.90. The minimum absolute atomic E-state index is 0.322. The minimum Gasteiger partial charge on any atom is -0.473 e. The highest BCUT2D eigenvalue weighted by Crippen LogP contribution is 2.29. The van der Waals surface area contributed by atoms with Gasteiger partial charge >= 0.3 is 0 Å². The molecular weight excluding hydrogens is 250 g/mol. The van der Waals surface area contributed by atoms with Gasteiger partial charge in [0.2, 0.25) is 5.88 Å². The predicted octanol–water partition coefficient (Wildman–Crippen LogP) is 3.32. The van der Waals surface area contributed by atoms with Crippen molar-refractivity contribution in [1.82, 2.24) is 15.3 Å². The summed E-state index contributed by atoms with van der Waals surface area (Å²) in [4.78, 5) is 8.81. The van der Waals surface area contributed by atoms with E-state index in [-0.39, 0.29) is 0 Å². The maximum atomic E-state index is 6.05. The number of hydrogen-bond acceptors (Lipinski definition) is 4. The number of ether oxygens (including phenoxy) is 1. The van der Waals surface area contributed by atoms with E-state index < -0.39 is 0 Å². The molecule has 4 nitrogen and oxygen atoms in total. The quantitative estimate of drug-likeness (QED) is 0.866. The average Bonchev–Trinajstić information content (AvgIpc) is 2.47. The van der Waals surface area contributed by atoms with Crippen molar-refractivity contribution < 1.29 is 4.74 Å². The second-order valence-electron chi connectivity index (χ2n) is 5.99. The van der Waals surface area contributed by atoms with E-state index in [2.05, 4.69) is 36.1 Å². The maximum absolute atomic E-state index is 6.05. The Hall–Kier alpha value is -1.16. The van der Waals surface area contributed by atoms with Crippen LogP contribution in [0, 0.1) is 5.92 Å². The molecule has 1 N–H and O–H groups in total. The molecule has 1 aromatic rings. The van der Waals surface area contributed by atoms with Crippen LogP contribution in [0.3, 0.4) is 0 Å². The molecule has 0 radical (unpaired) electrons. The van der Waals surface area contributed by atoms with Gasteiger partial charge in [0.1, 0.15) is 6.10 Å². The lowest BCUT2D eigenvalue weighted by Gasteiger charge is -2.30. The van der Waals surface area contributed by atoms with Gasteiger partial charge in [-0.05, 0) is 31.6 Å². The molecule has 2 atom stereocenters. The molecule has 1 aliphatic rings. The molecule has 0 aromatic carbocycles. The third-order valence-corrected chi connectivity index (χ3v) is 4.01. The average molecular weight is 277 g/mol. The number of nitrogens with one attached hydrogen (secondary N) is 1. The van der Waals surface area contributed by atoms with Crippen LogP contribution in [0.25, 0.3) is 0 Å². The van der Waals surface area contributed by atoms with Crippen LogP contribution in [0.5, 0.6) is 5.88 Å². The summed E-state index contributed by atoms with van der Waals surface area (Å²) in [5.41, 5.74) is 0.960. The van der Waals surface area contributed by atoms with Crippen molar-refractivity contribution in [1.29, 1.82) is 0 Å². The first-order chi connectivity index (χ1) is 9.69. The maximum Gasteiger partial charge on any atom is 0.232 e. The monoisotopic (exact) mass is 277 g/mol. The van der Waals surface area contributed by atoms with E-state index >= 15 is 0 Å². The SMILES string of the molecule is CCC1CCCCC1Oc1cnc(CNC(C)C)cn1. The highest BCUT2D eigenvalue weighted by Gasteiger charge is 2.25. The van der Waals surface area contributed by atoms with Crippen LogP contribution in [-0.4, -0.2) is 22.1 Å². The molecule has 20 heavy (non-hydrogen) atoms. The molecule has 112 valence electrons. The van der Waals surface area contributed by atoms with Gasteiger partial charge < -0.3 is 10.1 Å². The van der Waals surface area contributed by atoms with Crippen molar-refractivity contribution in [3.8, 4) is 5.88 Å². The third-order valence-electron chi connectivity index (χ3n) is 4.01. The second-order valence-corrected chi connectivity index (χ2v) is 5.99. The highest BCUT2D eigenvalue weighted by atomic mass is 16.5. The van der Waals surface area contributed by atoms with Gasteiger partial charge in [0, 0.05) is 12.6 Å². The van der Waals surface area contributed by atoms with Crippen molar-refractivity contribution in [3.05, 3.63) is 18.1 Å². The Labute approximate surface area is 122 Å². The van der Waals surface area contributed by atoms with Gasteiger partial charge in [-0.25, -0.2) is 4.98 Å². The zero-order chi connectivity index (χ0) is 14.4. The molecule has 0 aliphatic heterocycles. The third kappa shape index (κ3) is 4.44. The van der Waals surface area contributed by atoms with Crippen molar-refractivity contribution in [3.63, 3.8) is 0 Å². The fourth-order valence-corrected chi connectivity index (χ4v) is 2.75. The Morgan fingerprint density at radius 2 is 2.05 bits per heavy atom. The van der Waals surface area contributed by atoms with Crippen molar-refractivity contribution in [2.45, 2.75) is 71.6 Å². The van der Waals surface area contributed by atoms with Crippen LogP contribution >= 0.6 is 0 Å². The summed E-state index contributed by atoms with van der Waals surface area (Å²) in [7, 11) is 0. The first-order valence-corrected chi connectivity index (χ1v) is 7.90. The highest BCUT2D eigenvalue weighted by molar-refractivity contribution is 5.08. The van der Waals surface area contributed by atoms with Gasteiger partial charge in [0.15, 0.2) is 0 Å². The van der Waals surface area contributed by atoms with Gasteiger partial charge in [-0.1, -0.05) is 27.2 Å². The normalized spacial score (nSPS) is 23.0. The fourth-order valence-electron chi connectivity index (χ4n) is 2.75. The van der Waals surface area contributed by atoms with Crippen LogP contribution in [0.1, 0.15) is 58.6 Å². The lowest BCUT2D eigenvalue weighted by atomic mass is 9.85. The Morgan fingerprint density at radius 1 is 1.25 bits per heavy atom. The topological polar surface area (TPSA) is 47.0 Å². The van der Waals surface area contributed by atoms with Gasteiger partial charge in [-0.2, -0.15) is 0 Å². The van der Waals surface area contributed by atoms with E-state index in [1.54, 1.807) is 6.20 Å². The molecule has 2 unspecified atom stereocenters. The smallest absolute Gasteiger partial charge is 0.232 e. The van der Waals surface area contributed by atoms with Gasteiger partial charge in [-0.3, -0.25) is 4.98 Å². The van der Waals surface area contributed by atoms with E-state index in [4.69, 9.17) is 4.74 Å². The molecule has 1 heterocycles. The summed E-state index contributed by atoms with van der Waals surface area (Å²) in [5.74, 6) is 1.34. The van der Waals surface area contributed by atoms with Crippen molar-refractivity contribution in [2.24, 2.45) is 5.92 Å². The summed E-state index contributed by atoms with van der Waals surface area (Å²) < 4.78 is 6.05. The Kier molecular flexibility index (Phi) is 5.77. The first kappa shape index (κ1) is 15.2. The van der Waals surface area contributed by atoms with E-state index in [9.17, 15) is 0 Å². The Morgan fingerprint density at radius 3 is 2.70 bits per heavy atom. The largest absolute Gasteiger partial charge is 0.473 e. The van der Waals surface area contributed by atoms with Gasteiger partial charge in [-0.15, -0.1) is 0 Å². The minimum atomic E-state index is 0.322. The molecule has 4 heteroatoms. The molecule has 0 spiro atoms. The van der Waals surface area contributed by atoms with Crippen molar-refractivity contribution >= 4 is 0 Å². The Balaban J connectivity index is 1.89. The van der Waals surface area contributed by atoms with Crippen LogP contribution in [0.4, 0.5) is 0 Å². The number of nitrogens with zero attached hydrogens (tertiary/aromatic N) is 2. The Bertz CT molecular complexity index is 391. The zero-order valence-corrected chi connectivity index (χ0v) is 12.9.